The molecule has 4 nitrogen and oxygen atoms in total. The van der Waals surface area contributed by atoms with Gasteiger partial charge in [0, 0.05) is 24.9 Å². The van der Waals surface area contributed by atoms with E-state index in [2.05, 4.69) is 11.9 Å². The van der Waals surface area contributed by atoms with E-state index in [-0.39, 0.29) is 12.0 Å². The number of nitrogens with zero attached hydrogens (tertiary/aromatic N) is 2. The van der Waals surface area contributed by atoms with Crippen LogP contribution in [0.3, 0.4) is 0 Å². The first kappa shape index (κ1) is 10.3. The number of aliphatic hydroxyl groups excluding tert-OH is 1. The lowest BCUT2D eigenvalue weighted by Gasteiger charge is -2.24. The maximum atomic E-state index is 10.4. The molecule has 0 amide bonds. The summed E-state index contributed by atoms with van der Waals surface area (Å²) in [6.07, 6.45) is 7.10. The molecule has 1 aromatic heterocycles. The van der Waals surface area contributed by atoms with Crippen molar-refractivity contribution in [2.45, 2.75) is 51.0 Å². The molecule has 3 rings (SSSR count). The zero-order chi connectivity index (χ0) is 11.1. The van der Waals surface area contributed by atoms with Gasteiger partial charge >= 0.3 is 0 Å². The minimum absolute atomic E-state index is 0.242. The van der Waals surface area contributed by atoms with Crippen molar-refractivity contribution < 1.29 is 9.84 Å². The third kappa shape index (κ3) is 1.48. The van der Waals surface area contributed by atoms with Crippen LogP contribution in [0.15, 0.2) is 12.4 Å². The number of aliphatic hydroxyl groups is 1. The summed E-state index contributed by atoms with van der Waals surface area (Å²) in [5.74, 6) is 1.04. The molecule has 2 aliphatic rings. The Bertz CT molecular complexity index is 377. The SMILES string of the molecule is CCn1ccnc1C(O)C1CC2CCC1O2. The third-order valence-corrected chi connectivity index (χ3v) is 3.91. The van der Waals surface area contributed by atoms with Crippen LogP contribution in [0.25, 0.3) is 0 Å². The second kappa shape index (κ2) is 3.86. The van der Waals surface area contributed by atoms with E-state index in [0.717, 1.165) is 31.6 Å². The lowest BCUT2D eigenvalue weighted by Crippen LogP contribution is -2.25. The average Bonchev–Trinajstić information content (AvgIpc) is 3.02. The van der Waals surface area contributed by atoms with E-state index in [1.807, 2.05) is 10.8 Å². The van der Waals surface area contributed by atoms with E-state index >= 15 is 0 Å². The van der Waals surface area contributed by atoms with Gasteiger partial charge in [-0.15, -0.1) is 0 Å². The van der Waals surface area contributed by atoms with Crippen molar-refractivity contribution in [3.63, 3.8) is 0 Å². The van der Waals surface area contributed by atoms with E-state index in [1.54, 1.807) is 6.20 Å². The van der Waals surface area contributed by atoms with Crippen molar-refractivity contribution in [1.29, 1.82) is 0 Å². The number of rotatable bonds is 3. The topological polar surface area (TPSA) is 47.3 Å². The van der Waals surface area contributed by atoms with E-state index in [1.165, 1.54) is 0 Å². The summed E-state index contributed by atoms with van der Waals surface area (Å²) in [5.41, 5.74) is 0. The molecule has 1 N–H and O–H groups in total. The Morgan fingerprint density at radius 1 is 1.62 bits per heavy atom. The molecule has 4 heteroatoms. The molecular weight excluding hydrogens is 204 g/mol. The van der Waals surface area contributed by atoms with Crippen molar-refractivity contribution in [2.75, 3.05) is 0 Å². The highest BCUT2D eigenvalue weighted by Crippen LogP contribution is 2.44. The summed E-state index contributed by atoms with van der Waals surface area (Å²) in [6.45, 7) is 2.92. The van der Waals surface area contributed by atoms with E-state index in [0.29, 0.717) is 6.10 Å². The van der Waals surface area contributed by atoms with Crippen LogP contribution in [0.1, 0.15) is 38.1 Å². The number of hydrogen-bond donors (Lipinski definition) is 1. The van der Waals surface area contributed by atoms with Gasteiger partial charge in [0.1, 0.15) is 11.9 Å². The molecule has 3 heterocycles. The summed E-state index contributed by atoms with van der Waals surface area (Å²) in [6, 6.07) is 0. The molecule has 16 heavy (non-hydrogen) atoms. The van der Waals surface area contributed by atoms with Crippen LogP contribution in [0.2, 0.25) is 0 Å². The molecule has 0 spiro atoms. The fraction of sp³-hybridized carbons (Fsp3) is 0.750. The Balaban J connectivity index is 1.80. The number of ether oxygens (including phenoxy) is 1. The van der Waals surface area contributed by atoms with Gasteiger partial charge in [-0.3, -0.25) is 0 Å². The summed E-state index contributed by atoms with van der Waals surface area (Å²) < 4.78 is 7.79. The second-order valence-electron chi connectivity index (χ2n) is 4.79. The van der Waals surface area contributed by atoms with E-state index in [4.69, 9.17) is 4.74 Å². The first-order valence-electron chi connectivity index (χ1n) is 6.14. The summed E-state index contributed by atoms with van der Waals surface area (Å²) in [7, 11) is 0. The predicted molar refractivity (Wildman–Crippen MR) is 58.9 cm³/mol. The molecule has 2 saturated heterocycles. The maximum Gasteiger partial charge on any atom is 0.138 e. The van der Waals surface area contributed by atoms with Crippen LogP contribution in [-0.4, -0.2) is 26.9 Å². The fourth-order valence-electron chi connectivity index (χ4n) is 3.06. The normalized spacial score (nSPS) is 34.5. The Hall–Kier alpha value is -0.870. The zero-order valence-corrected chi connectivity index (χ0v) is 9.54. The summed E-state index contributed by atoms with van der Waals surface area (Å²) >= 11 is 0. The smallest absolute Gasteiger partial charge is 0.138 e. The second-order valence-corrected chi connectivity index (χ2v) is 4.79. The van der Waals surface area contributed by atoms with Crippen LogP contribution < -0.4 is 0 Å². The lowest BCUT2D eigenvalue weighted by molar-refractivity contribution is 0.0364. The molecule has 0 saturated carbocycles. The van der Waals surface area contributed by atoms with Crippen molar-refractivity contribution in [2.24, 2.45) is 5.92 Å². The molecule has 2 aliphatic heterocycles. The minimum atomic E-state index is -0.467. The largest absolute Gasteiger partial charge is 0.385 e. The average molecular weight is 222 g/mol. The van der Waals surface area contributed by atoms with E-state index < -0.39 is 6.10 Å². The van der Waals surface area contributed by atoms with Crippen molar-refractivity contribution >= 4 is 0 Å². The van der Waals surface area contributed by atoms with Gasteiger partial charge in [-0.2, -0.15) is 0 Å². The lowest BCUT2D eigenvalue weighted by atomic mass is 9.85. The zero-order valence-electron chi connectivity index (χ0n) is 9.54. The Morgan fingerprint density at radius 2 is 2.50 bits per heavy atom. The van der Waals surface area contributed by atoms with Crippen LogP contribution in [0, 0.1) is 5.92 Å². The third-order valence-electron chi connectivity index (χ3n) is 3.91. The molecule has 88 valence electrons. The maximum absolute atomic E-state index is 10.4. The Morgan fingerprint density at radius 3 is 3.12 bits per heavy atom. The quantitative estimate of drug-likeness (QED) is 0.843. The van der Waals surface area contributed by atoms with Gasteiger partial charge in [0.25, 0.3) is 0 Å². The van der Waals surface area contributed by atoms with Crippen LogP contribution >= 0.6 is 0 Å². The van der Waals surface area contributed by atoms with Gasteiger partial charge in [0.15, 0.2) is 0 Å². The van der Waals surface area contributed by atoms with Crippen LogP contribution in [0.5, 0.6) is 0 Å². The monoisotopic (exact) mass is 222 g/mol. The van der Waals surface area contributed by atoms with Gasteiger partial charge in [-0.25, -0.2) is 4.98 Å². The molecule has 2 fully saturated rings. The predicted octanol–water partition coefficient (Wildman–Crippen LogP) is 1.50. The van der Waals surface area contributed by atoms with Gasteiger partial charge in [-0.1, -0.05) is 0 Å². The molecule has 0 aliphatic carbocycles. The summed E-state index contributed by atoms with van der Waals surface area (Å²) in [4.78, 5) is 4.27. The van der Waals surface area contributed by atoms with Crippen molar-refractivity contribution in [3.05, 3.63) is 18.2 Å². The number of imidazole rings is 1. The fourth-order valence-corrected chi connectivity index (χ4v) is 3.06. The van der Waals surface area contributed by atoms with Gasteiger partial charge < -0.3 is 14.4 Å². The highest BCUT2D eigenvalue weighted by molar-refractivity contribution is 5.03. The first-order valence-corrected chi connectivity index (χ1v) is 6.14. The molecular formula is C12H18N2O2. The van der Waals surface area contributed by atoms with Gasteiger partial charge in [-0.05, 0) is 26.2 Å². The van der Waals surface area contributed by atoms with E-state index in [9.17, 15) is 5.11 Å². The van der Waals surface area contributed by atoms with Crippen LogP contribution in [0.4, 0.5) is 0 Å². The highest BCUT2D eigenvalue weighted by atomic mass is 16.5. The first-order chi connectivity index (χ1) is 7.79. The van der Waals surface area contributed by atoms with Gasteiger partial charge in [0.05, 0.1) is 12.2 Å². The Labute approximate surface area is 95.3 Å². The van der Waals surface area contributed by atoms with Crippen LogP contribution in [-0.2, 0) is 11.3 Å². The van der Waals surface area contributed by atoms with Crippen molar-refractivity contribution in [1.82, 2.24) is 9.55 Å². The molecule has 2 bridgehead atoms. The molecule has 4 atom stereocenters. The summed E-state index contributed by atoms with van der Waals surface area (Å²) in [5, 5.41) is 10.4. The molecule has 4 unspecified atom stereocenters. The number of aryl methyl sites for hydroxylation is 1. The molecule has 1 aromatic rings. The van der Waals surface area contributed by atoms with Gasteiger partial charge in [0.2, 0.25) is 0 Å². The van der Waals surface area contributed by atoms with Crippen molar-refractivity contribution in [3.8, 4) is 0 Å². The minimum Gasteiger partial charge on any atom is -0.385 e. The number of fused-ring (bicyclic) bond motifs is 2. The highest BCUT2D eigenvalue weighted by Gasteiger charge is 2.45. The standard InChI is InChI=1S/C12H18N2O2/c1-2-14-6-5-13-12(14)11(15)9-7-8-3-4-10(9)16-8/h5-6,8-11,15H,2-4,7H2,1H3. The molecule has 0 aromatic carbocycles. The molecule has 0 radical (unpaired) electrons. The Kier molecular flexibility index (Phi) is 2.48. The number of aromatic nitrogens is 2. The number of hydrogen-bond acceptors (Lipinski definition) is 3.